The van der Waals surface area contributed by atoms with E-state index in [0.29, 0.717) is 26.2 Å². The lowest BCUT2D eigenvalue weighted by Crippen LogP contribution is -2.26. The van der Waals surface area contributed by atoms with Gasteiger partial charge in [-0.25, -0.2) is 0 Å². The Labute approximate surface area is 142 Å². The molecule has 24 heavy (non-hydrogen) atoms. The summed E-state index contributed by atoms with van der Waals surface area (Å²) in [5.74, 6) is 1.77. The van der Waals surface area contributed by atoms with Crippen LogP contribution in [0, 0.1) is 0 Å². The van der Waals surface area contributed by atoms with Gasteiger partial charge in [0.1, 0.15) is 13.2 Å². The Morgan fingerprint density at radius 2 is 1.83 bits per heavy atom. The minimum absolute atomic E-state index is 0.0771. The maximum atomic E-state index is 12.1. The summed E-state index contributed by atoms with van der Waals surface area (Å²) in [6.45, 7) is 3.88. The molecule has 0 fully saturated rings. The minimum atomic E-state index is 0.0771. The third kappa shape index (κ3) is 4.28. The lowest BCUT2D eigenvalue weighted by molar-refractivity contribution is -0.121. The second-order valence-electron chi connectivity index (χ2n) is 6.09. The van der Waals surface area contributed by atoms with E-state index in [9.17, 15) is 4.79 Å². The second-order valence-corrected chi connectivity index (χ2v) is 6.09. The minimum Gasteiger partial charge on any atom is -0.486 e. The predicted octanol–water partition coefficient (Wildman–Crippen LogP) is 3.31. The summed E-state index contributed by atoms with van der Waals surface area (Å²) in [4.78, 5) is 12.1. The predicted molar refractivity (Wildman–Crippen MR) is 93.6 cm³/mol. The largest absolute Gasteiger partial charge is 0.486 e. The number of hydrogen-bond donors (Lipinski definition) is 1. The summed E-state index contributed by atoms with van der Waals surface area (Å²) >= 11 is 0. The van der Waals surface area contributed by atoms with Gasteiger partial charge in [0.25, 0.3) is 0 Å². The maximum Gasteiger partial charge on any atom is 0.220 e. The van der Waals surface area contributed by atoms with Gasteiger partial charge < -0.3 is 14.8 Å². The molecule has 0 aromatic heterocycles. The first-order chi connectivity index (χ1) is 11.7. The van der Waals surface area contributed by atoms with Crippen LogP contribution < -0.4 is 14.8 Å². The van der Waals surface area contributed by atoms with Gasteiger partial charge in [-0.15, -0.1) is 0 Å². The average molecular weight is 325 g/mol. The van der Waals surface area contributed by atoms with E-state index in [1.54, 1.807) is 0 Å². The Balaban J connectivity index is 1.49. The van der Waals surface area contributed by atoms with Gasteiger partial charge in [-0.05, 0) is 35.6 Å². The number of carbonyl (C=O) groups excluding carboxylic acids is 1. The van der Waals surface area contributed by atoms with Crippen LogP contribution >= 0.6 is 0 Å². The van der Waals surface area contributed by atoms with Gasteiger partial charge in [0.2, 0.25) is 5.91 Å². The number of fused-ring (bicyclic) bond motifs is 1. The van der Waals surface area contributed by atoms with Crippen LogP contribution in [0.1, 0.15) is 30.4 Å². The van der Waals surface area contributed by atoms with Crippen molar-refractivity contribution in [2.24, 2.45) is 0 Å². The molecule has 126 valence electrons. The molecule has 1 heterocycles. The Morgan fingerprint density at radius 1 is 1.08 bits per heavy atom. The molecule has 2 aromatic rings. The van der Waals surface area contributed by atoms with E-state index in [-0.39, 0.29) is 11.8 Å². The molecule has 1 aliphatic heterocycles. The molecule has 1 amide bonds. The van der Waals surface area contributed by atoms with Crippen molar-refractivity contribution < 1.29 is 14.3 Å². The molecule has 2 aromatic carbocycles. The molecule has 1 unspecified atom stereocenters. The number of carbonyl (C=O) groups is 1. The molecule has 0 bridgehead atoms. The molecule has 3 rings (SSSR count). The second kappa shape index (κ2) is 7.86. The van der Waals surface area contributed by atoms with Crippen molar-refractivity contribution in [1.29, 1.82) is 0 Å². The first kappa shape index (κ1) is 16.4. The smallest absolute Gasteiger partial charge is 0.220 e. The third-order valence-corrected chi connectivity index (χ3v) is 4.21. The number of benzene rings is 2. The zero-order chi connectivity index (χ0) is 16.8. The highest BCUT2D eigenvalue weighted by atomic mass is 16.6. The van der Waals surface area contributed by atoms with Gasteiger partial charge in [-0.1, -0.05) is 43.3 Å². The molecule has 0 aliphatic carbocycles. The van der Waals surface area contributed by atoms with Crippen molar-refractivity contribution in [1.82, 2.24) is 5.32 Å². The summed E-state index contributed by atoms with van der Waals surface area (Å²) in [6.07, 6.45) is 1.32. The highest BCUT2D eigenvalue weighted by Crippen LogP contribution is 2.33. The van der Waals surface area contributed by atoms with Crippen molar-refractivity contribution in [2.75, 3.05) is 19.8 Å². The zero-order valence-corrected chi connectivity index (χ0v) is 14.0. The summed E-state index contributed by atoms with van der Waals surface area (Å²) in [6, 6.07) is 16.1. The number of hydrogen-bond acceptors (Lipinski definition) is 3. The fourth-order valence-electron chi connectivity index (χ4n) is 2.83. The summed E-state index contributed by atoms with van der Waals surface area (Å²) in [5, 5.41) is 3.00. The molecule has 0 saturated heterocycles. The van der Waals surface area contributed by atoms with Crippen molar-refractivity contribution in [3.8, 4) is 11.5 Å². The number of amides is 1. The van der Waals surface area contributed by atoms with Crippen LogP contribution in [-0.4, -0.2) is 25.7 Å². The van der Waals surface area contributed by atoms with Crippen molar-refractivity contribution >= 4 is 5.91 Å². The monoisotopic (exact) mass is 325 g/mol. The van der Waals surface area contributed by atoms with Crippen LogP contribution in [0.4, 0.5) is 0 Å². The third-order valence-electron chi connectivity index (χ3n) is 4.21. The number of rotatable bonds is 6. The van der Waals surface area contributed by atoms with E-state index < -0.39 is 0 Å². The lowest BCUT2D eigenvalue weighted by atomic mass is 9.97. The van der Waals surface area contributed by atoms with Crippen LogP contribution in [-0.2, 0) is 11.2 Å². The van der Waals surface area contributed by atoms with Gasteiger partial charge >= 0.3 is 0 Å². The van der Waals surface area contributed by atoms with E-state index >= 15 is 0 Å². The van der Waals surface area contributed by atoms with E-state index in [2.05, 4.69) is 24.4 Å². The Bertz CT molecular complexity index is 685. The molecule has 0 saturated carbocycles. The first-order valence-electron chi connectivity index (χ1n) is 8.42. The van der Waals surface area contributed by atoms with Crippen LogP contribution in [0.15, 0.2) is 48.5 Å². The molecule has 1 N–H and O–H groups in total. The lowest BCUT2D eigenvalue weighted by Gasteiger charge is -2.20. The van der Waals surface area contributed by atoms with E-state index in [4.69, 9.17) is 9.47 Å². The Kier molecular flexibility index (Phi) is 5.36. The Hall–Kier alpha value is -2.49. The summed E-state index contributed by atoms with van der Waals surface area (Å²) in [5.41, 5.74) is 2.33. The normalized spacial score (nSPS) is 14.0. The van der Waals surface area contributed by atoms with Crippen LogP contribution in [0.25, 0.3) is 0 Å². The average Bonchev–Trinajstić information content (AvgIpc) is 2.62. The maximum absolute atomic E-state index is 12.1. The molecule has 4 nitrogen and oxygen atoms in total. The van der Waals surface area contributed by atoms with Crippen molar-refractivity contribution in [2.45, 2.75) is 25.7 Å². The van der Waals surface area contributed by atoms with Gasteiger partial charge in [0, 0.05) is 13.0 Å². The number of ether oxygens (including phenoxy) is 2. The summed E-state index contributed by atoms with van der Waals surface area (Å²) < 4.78 is 11.1. The quantitative estimate of drug-likeness (QED) is 0.886. The fourth-order valence-corrected chi connectivity index (χ4v) is 2.83. The number of nitrogens with one attached hydrogen (secondary N) is 1. The standard InChI is InChI=1S/C20H23NO3/c1-15(17-7-8-18-19(14-17)24-12-11-23-18)13-20(22)21-10-9-16-5-3-2-4-6-16/h2-8,14-15H,9-13H2,1H3,(H,21,22). The Morgan fingerprint density at radius 3 is 2.62 bits per heavy atom. The van der Waals surface area contributed by atoms with Gasteiger partial charge in [-0.3, -0.25) is 4.79 Å². The molecule has 0 radical (unpaired) electrons. The zero-order valence-electron chi connectivity index (χ0n) is 14.0. The molecule has 0 spiro atoms. The van der Waals surface area contributed by atoms with E-state index in [1.807, 2.05) is 36.4 Å². The van der Waals surface area contributed by atoms with E-state index in [0.717, 1.165) is 23.5 Å². The van der Waals surface area contributed by atoms with Crippen LogP contribution in [0.3, 0.4) is 0 Å². The SMILES string of the molecule is CC(CC(=O)NCCc1ccccc1)c1ccc2c(c1)OCCO2. The molecule has 4 heteroatoms. The van der Waals surface area contributed by atoms with Gasteiger partial charge in [0.15, 0.2) is 11.5 Å². The molecular formula is C20H23NO3. The first-order valence-corrected chi connectivity index (χ1v) is 8.42. The topological polar surface area (TPSA) is 47.6 Å². The highest BCUT2D eigenvalue weighted by molar-refractivity contribution is 5.76. The van der Waals surface area contributed by atoms with Gasteiger partial charge in [0.05, 0.1) is 0 Å². The fraction of sp³-hybridized carbons (Fsp3) is 0.350. The molecular weight excluding hydrogens is 302 g/mol. The summed E-state index contributed by atoms with van der Waals surface area (Å²) in [7, 11) is 0. The molecule has 1 aliphatic rings. The van der Waals surface area contributed by atoms with Gasteiger partial charge in [-0.2, -0.15) is 0 Å². The van der Waals surface area contributed by atoms with Crippen LogP contribution in [0.2, 0.25) is 0 Å². The van der Waals surface area contributed by atoms with Crippen LogP contribution in [0.5, 0.6) is 11.5 Å². The van der Waals surface area contributed by atoms with Crippen molar-refractivity contribution in [3.05, 3.63) is 59.7 Å². The molecule has 1 atom stereocenters. The van der Waals surface area contributed by atoms with Crippen molar-refractivity contribution in [3.63, 3.8) is 0 Å². The van der Waals surface area contributed by atoms with E-state index in [1.165, 1.54) is 5.56 Å². The highest BCUT2D eigenvalue weighted by Gasteiger charge is 2.16.